The zero-order valence-corrected chi connectivity index (χ0v) is 14.5. The molecule has 0 aliphatic carbocycles. The summed E-state index contributed by atoms with van der Waals surface area (Å²) in [5.74, 6) is 0.151. The molecule has 114 valence electrons. The van der Waals surface area contributed by atoms with Crippen LogP contribution < -0.4 is 0 Å². The zero-order valence-electron chi connectivity index (χ0n) is 12.9. The summed E-state index contributed by atoms with van der Waals surface area (Å²) in [5.41, 5.74) is 3.31. The molecule has 0 saturated heterocycles. The smallest absolute Gasteiger partial charge is 0.0766 e. The van der Waals surface area contributed by atoms with E-state index in [2.05, 4.69) is 47.0 Å². The normalized spacial score (nSPS) is 14.1. The molecular formula is C17H23BrN2O. The highest BCUT2D eigenvalue weighted by atomic mass is 79.9. The maximum absolute atomic E-state index is 10.7. The van der Waals surface area contributed by atoms with Crippen molar-refractivity contribution in [3.05, 3.63) is 51.8 Å². The van der Waals surface area contributed by atoms with Gasteiger partial charge < -0.3 is 5.11 Å². The van der Waals surface area contributed by atoms with Crippen molar-refractivity contribution in [2.45, 2.75) is 45.1 Å². The summed E-state index contributed by atoms with van der Waals surface area (Å²) in [6.07, 6.45) is 2.01. The molecular weight excluding hydrogens is 328 g/mol. The van der Waals surface area contributed by atoms with Gasteiger partial charge in [0.05, 0.1) is 22.0 Å². The lowest BCUT2D eigenvalue weighted by Crippen LogP contribution is -2.22. The van der Waals surface area contributed by atoms with Crippen molar-refractivity contribution in [2.75, 3.05) is 0 Å². The van der Waals surface area contributed by atoms with Crippen molar-refractivity contribution < 1.29 is 5.11 Å². The number of rotatable bonds is 6. The lowest BCUT2D eigenvalue weighted by molar-refractivity contribution is 0.138. The maximum atomic E-state index is 10.7. The van der Waals surface area contributed by atoms with Crippen LogP contribution >= 0.6 is 15.9 Å². The molecule has 0 fully saturated rings. The molecule has 1 aromatic carbocycles. The number of benzene rings is 1. The van der Waals surface area contributed by atoms with E-state index in [1.165, 1.54) is 5.56 Å². The van der Waals surface area contributed by atoms with Crippen molar-refractivity contribution in [3.8, 4) is 0 Å². The number of aliphatic hydroxyl groups is 1. The van der Waals surface area contributed by atoms with Gasteiger partial charge in [0, 0.05) is 19.4 Å². The third kappa shape index (κ3) is 3.55. The Morgan fingerprint density at radius 2 is 1.90 bits per heavy atom. The second-order valence-electron chi connectivity index (χ2n) is 5.38. The van der Waals surface area contributed by atoms with Crippen LogP contribution in [0.2, 0.25) is 0 Å². The largest absolute Gasteiger partial charge is 0.392 e. The topological polar surface area (TPSA) is 38.0 Å². The molecule has 2 unspecified atom stereocenters. The summed E-state index contributed by atoms with van der Waals surface area (Å²) >= 11 is 3.62. The predicted molar refractivity (Wildman–Crippen MR) is 89.5 cm³/mol. The highest BCUT2D eigenvalue weighted by Gasteiger charge is 2.23. The third-order valence-electron chi connectivity index (χ3n) is 4.04. The van der Waals surface area contributed by atoms with Crippen molar-refractivity contribution in [1.82, 2.24) is 9.78 Å². The van der Waals surface area contributed by atoms with Gasteiger partial charge in [0.1, 0.15) is 0 Å². The van der Waals surface area contributed by atoms with Crippen molar-refractivity contribution in [1.29, 1.82) is 0 Å². The van der Waals surface area contributed by atoms with Crippen LogP contribution in [0.15, 0.2) is 34.8 Å². The molecule has 0 amide bonds. The number of halogens is 1. The van der Waals surface area contributed by atoms with E-state index in [9.17, 15) is 5.11 Å². The number of hydrogen-bond acceptors (Lipinski definition) is 2. The van der Waals surface area contributed by atoms with Crippen LogP contribution in [0.5, 0.6) is 0 Å². The average Bonchev–Trinajstić information content (AvgIpc) is 2.76. The summed E-state index contributed by atoms with van der Waals surface area (Å²) in [7, 11) is 1.94. The van der Waals surface area contributed by atoms with Crippen LogP contribution in [-0.4, -0.2) is 21.0 Å². The van der Waals surface area contributed by atoms with E-state index < -0.39 is 6.10 Å². The Balaban J connectivity index is 2.20. The van der Waals surface area contributed by atoms with Gasteiger partial charge in [-0.2, -0.15) is 5.10 Å². The van der Waals surface area contributed by atoms with E-state index in [1.807, 2.05) is 29.9 Å². The molecule has 1 aromatic heterocycles. The molecule has 2 atom stereocenters. The fraction of sp³-hybridized carbons (Fsp3) is 0.471. The SMILES string of the molecule is CCc1nn(C)c(CC(O)C(CC)c2ccccc2)c1Br. The van der Waals surface area contributed by atoms with E-state index in [0.717, 1.165) is 28.7 Å². The third-order valence-corrected chi connectivity index (χ3v) is 4.95. The minimum absolute atomic E-state index is 0.151. The molecule has 0 aliphatic heterocycles. The van der Waals surface area contributed by atoms with Gasteiger partial charge in [-0.25, -0.2) is 0 Å². The van der Waals surface area contributed by atoms with Crippen LogP contribution in [0.25, 0.3) is 0 Å². The van der Waals surface area contributed by atoms with Crippen LogP contribution in [0.1, 0.15) is 43.1 Å². The van der Waals surface area contributed by atoms with Crippen LogP contribution in [0.3, 0.4) is 0 Å². The van der Waals surface area contributed by atoms with E-state index in [0.29, 0.717) is 6.42 Å². The Kier molecular flexibility index (Phi) is 5.59. The Bertz CT molecular complexity index is 580. The maximum Gasteiger partial charge on any atom is 0.0766 e. The van der Waals surface area contributed by atoms with Gasteiger partial charge in [0.2, 0.25) is 0 Å². The standard InChI is InChI=1S/C17H23BrN2O/c1-4-13(12-9-7-6-8-10-12)16(21)11-15-17(18)14(5-2)19-20(15)3/h6-10,13,16,21H,4-5,11H2,1-3H3. The molecule has 0 radical (unpaired) electrons. The summed E-state index contributed by atoms with van der Waals surface area (Å²) in [6.45, 7) is 4.21. The number of aliphatic hydroxyl groups excluding tert-OH is 1. The van der Waals surface area contributed by atoms with E-state index in [4.69, 9.17) is 0 Å². The highest BCUT2D eigenvalue weighted by Crippen LogP contribution is 2.29. The molecule has 3 nitrogen and oxygen atoms in total. The Hall–Kier alpha value is -1.13. The number of hydrogen-bond donors (Lipinski definition) is 1. The zero-order chi connectivity index (χ0) is 15.4. The minimum Gasteiger partial charge on any atom is -0.392 e. The number of aromatic nitrogens is 2. The van der Waals surface area contributed by atoms with Crippen LogP contribution in [0.4, 0.5) is 0 Å². The quantitative estimate of drug-likeness (QED) is 0.859. The second kappa shape index (κ2) is 7.23. The lowest BCUT2D eigenvalue weighted by Gasteiger charge is -2.22. The van der Waals surface area contributed by atoms with Crippen molar-refractivity contribution >= 4 is 15.9 Å². The Morgan fingerprint density at radius 3 is 2.43 bits per heavy atom. The first-order valence-electron chi connectivity index (χ1n) is 7.51. The molecule has 4 heteroatoms. The monoisotopic (exact) mass is 350 g/mol. The van der Waals surface area contributed by atoms with Gasteiger partial charge in [0.15, 0.2) is 0 Å². The fourth-order valence-corrected chi connectivity index (χ4v) is 3.59. The first-order chi connectivity index (χ1) is 10.1. The first kappa shape index (κ1) is 16.2. The van der Waals surface area contributed by atoms with Gasteiger partial charge in [-0.1, -0.05) is 44.2 Å². The molecule has 2 rings (SSSR count). The molecule has 2 aromatic rings. The Morgan fingerprint density at radius 1 is 1.24 bits per heavy atom. The van der Waals surface area contributed by atoms with E-state index in [1.54, 1.807) is 0 Å². The molecule has 0 aliphatic rings. The summed E-state index contributed by atoms with van der Waals surface area (Å²) in [4.78, 5) is 0. The molecule has 0 saturated carbocycles. The molecule has 1 heterocycles. The lowest BCUT2D eigenvalue weighted by atomic mass is 9.88. The molecule has 1 N–H and O–H groups in total. The molecule has 21 heavy (non-hydrogen) atoms. The van der Waals surface area contributed by atoms with E-state index in [-0.39, 0.29) is 5.92 Å². The van der Waals surface area contributed by atoms with Crippen molar-refractivity contribution in [2.24, 2.45) is 7.05 Å². The Labute approximate surface area is 135 Å². The van der Waals surface area contributed by atoms with Gasteiger partial charge in [-0.3, -0.25) is 4.68 Å². The van der Waals surface area contributed by atoms with Crippen LogP contribution in [0, 0.1) is 0 Å². The summed E-state index contributed by atoms with van der Waals surface area (Å²) in [6, 6.07) is 10.2. The van der Waals surface area contributed by atoms with Gasteiger partial charge in [0.25, 0.3) is 0 Å². The second-order valence-corrected chi connectivity index (χ2v) is 6.17. The number of nitrogens with zero attached hydrogens (tertiary/aromatic N) is 2. The van der Waals surface area contributed by atoms with Crippen molar-refractivity contribution in [3.63, 3.8) is 0 Å². The van der Waals surface area contributed by atoms with Gasteiger partial charge in [-0.05, 0) is 34.3 Å². The number of aryl methyl sites for hydroxylation is 2. The predicted octanol–water partition coefficient (Wildman–Crippen LogP) is 3.84. The fourth-order valence-electron chi connectivity index (χ4n) is 2.81. The summed E-state index contributed by atoms with van der Waals surface area (Å²) in [5, 5.41) is 15.2. The average molecular weight is 351 g/mol. The van der Waals surface area contributed by atoms with Gasteiger partial charge >= 0.3 is 0 Å². The molecule has 0 spiro atoms. The first-order valence-corrected chi connectivity index (χ1v) is 8.31. The highest BCUT2D eigenvalue weighted by molar-refractivity contribution is 9.10. The van der Waals surface area contributed by atoms with E-state index >= 15 is 0 Å². The minimum atomic E-state index is -0.409. The van der Waals surface area contributed by atoms with Crippen LogP contribution in [-0.2, 0) is 19.9 Å². The molecule has 0 bridgehead atoms. The van der Waals surface area contributed by atoms with Gasteiger partial charge in [-0.15, -0.1) is 0 Å². The summed E-state index contributed by atoms with van der Waals surface area (Å²) < 4.78 is 2.92.